The minimum Gasteiger partial charge on any atom is -0.372 e. The Morgan fingerprint density at radius 3 is 2.54 bits per heavy atom. The molecule has 0 spiro atoms. The van der Waals surface area contributed by atoms with Crippen molar-refractivity contribution in [2.24, 2.45) is 4.99 Å². The first-order chi connectivity index (χ1) is 12.7. The quantitative estimate of drug-likeness (QED) is 0.632. The highest BCUT2D eigenvalue weighted by Crippen LogP contribution is 2.23. The summed E-state index contributed by atoms with van der Waals surface area (Å²) >= 11 is 0. The Labute approximate surface area is 157 Å². The van der Waals surface area contributed by atoms with Crippen molar-refractivity contribution in [3.8, 4) is 0 Å². The number of hydrogen-bond donors (Lipinski definition) is 2. The van der Waals surface area contributed by atoms with Crippen LogP contribution >= 0.6 is 0 Å². The SMILES string of the molecule is CN=C(NCc1ccc(C)cc1)NC(C)c1cccc(N2CCCC2)c1. The van der Waals surface area contributed by atoms with Gasteiger partial charge in [-0.05, 0) is 49.9 Å². The zero-order valence-electron chi connectivity index (χ0n) is 16.1. The van der Waals surface area contributed by atoms with Gasteiger partial charge in [0.15, 0.2) is 5.96 Å². The molecule has 1 atom stereocenters. The zero-order valence-corrected chi connectivity index (χ0v) is 16.1. The number of benzene rings is 2. The van der Waals surface area contributed by atoms with Gasteiger partial charge in [0.2, 0.25) is 0 Å². The van der Waals surface area contributed by atoms with E-state index in [1.165, 1.54) is 48.3 Å². The average molecular weight is 351 g/mol. The molecule has 4 heteroatoms. The highest BCUT2D eigenvalue weighted by Gasteiger charge is 2.14. The molecule has 2 aromatic carbocycles. The first kappa shape index (κ1) is 18.3. The Morgan fingerprint density at radius 2 is 1.85 bits per heavy atom. The molecule has 1 unspecified atom stereocenters. The Morgan fingerprint density at radius 1 is 1.12 bits per heavy atom. The predicted octanol–water partition coefficient (Wildman–Crippen LogP) is 4.02. The average Bonchev–Trinajstić information content (AvgIpc) is 3.21. The summed E-state index contributed by atoms with van der Waals surface area (Å²) in [5.41, 5.74) is 5.15. The van der Waals surface area contributed by atoms with E-state index in [9.17, 15) is 0 Å². The van der Waals surface area contributed by atoms with Crippen molar-refractivity contribution in [3.63, 3.8) is 0 Å². The van der Waals surface area contributed by atoms with Crippen LogP contribution in [0.1, 0.15) is 42.5 Å². The monoisotopic (exact) mass is 350 g/mol. The second-order valence-electron chi connectivity index (χ2n) is 7.07. The lowest BCUT2D eigenvalue weighted by Gasteiger charge is -2.22. The fourth-order valence-corrected chi connectivity index (χ4v) is 3.34. The van der Waals surface area contributed by atoms with E-state index >= 15 is 0 Å². The van der Waals surface area contributed by atoms with E-state index in [0.29, 0.717) is 0 Å². The molecule has 0 bridgehead atoms. The fourth-order valence-electron chi connectivity index (χ4n) is 3.34. The maximum Gasteiger partial charge on any atom is 0.191 e. The van der Waals surface area contributed by atoms with E-state index in [2.05, 4.69) is 82.9 Å². The number of guanidine groups is 1. The fraction of sp³-hybridized carbons (Fsp3) is 0.409. The van der Waals surface area contributed by atoms with E-state index in [1.54, 1.807) is 0 Å². The number of nitrogens with zero attached hydrogens (tertiary/aromatic N) is 2. The third-order valence-electron chi connectivity index (χ3n) is 5.00. The first-order valence-electron chi connectivity index (χ1n) is 9.53. The van der Waals surface area contributed by atoms with Crippen LogP contribution < -0.4 is 15.5 Å². The second kappa shape index (κ2) is 8.75. The molecule has 138 valence electrons. The third kappa shape index (κ3) is 4.78. The molecule has 2 aromatic rings. The summed E-state index contributed by atoms with van der Waals surface area (Å²) in [5, 5.41) is 6.91. The summed E-state index contributed by atoms with van der Waals surface area (Å²) < 4.78 is 0. The van der Waals surface area contributed by atoms with Crippen molar-refractivity contribution >= 4 is 11.6 Å². The maximum absolute atomic E-state index is 4.37. The van der Waals surface area contributed by atoms with Crippen LogP contribution in [-0.2, 0) is 6.54 Å². The molecule has 0 aromatic heterocycles. The summed E-state index contributed by atoms with van der Waals surface area (Å²) in [6, 6.07) is 17.6. The van der Waals surface area contributed by atoms with Gasteiger partial charge in [-0.1, -0.05) is 42.0 Å². The number of aryl methyl sites for hydroxylation is 1. The van der Waals surface area contributed by atoms with Crippen LogP contribution in [0.4, 0.5) is 5.69 Å². The molecule has 0 aliphatic carbocycles. The largest absolute Gasteiger partial charge is 0.372 e. The van der Waals surface area contributed by atoms with E-state index in [1.807, 2.05) is 7.05 Å². The summed E-state index contributed by atoms with van der Waals surface area (Å²) in [6.07, 6.45) is 2.60. The molecule has 1 aliphatic rings. The van der Waals surface area contributed by atoms with Gasteiger partial charge in [-0.3, -0.25) is 4.99 Å². The third-order valence-corrected chi connectivity index (χ3v) is 5.00. The van der Waals surface area contributed by atoms with Crippen LogP contribution in [0.5, 0.6) is 0 Å². The number of nitrogens with one attached hydrogen (secondary N) is 2. The smallest absolute Gasteiger partial charge is 0.191 e. The van der Waals surface area contributed by atoms with Gasteiger partial charge >= 0.3 is 0 Å². The van der Waals surface area contributed by atoms with Gasteiger partial charge in [0.25, 0.3) is 0 Å². The van der Waals surface area contributed by atoms with Crippen LogP contribution in [0.3, 0.4) is 0 Å². The molecule has 0 radical (unpaired) electrons. The Balaban J connectivity index is 1.59. The lowest BCUT2D eigenvalue weighted by atomic mass is 10.1. The van der Waals surface area contributed by atoms with E-state index in [4.69, 9.17) is 0 Å². The van der Waals surface area contributed by atoms with Gasteiger partial charge in [0.05, 0.1) is 6.04 Å². The molecule has 1 fully saturated rings. The summed E-state index contributed by atoms with van der Waals surface area (Å²) in [7, 11) is 1.82. The lowest BCUT2D eigenvalue weighted by molar-refractivity contribution is 0.685. The van der Waals surface area contributed by atoms with Gasteiger partial charge in [0, 0.05) is 32.4 Å². The van der Waals surface area contributed by atoms with E-state index in [-0.39, 0.29) is 6.04 Å². The van der Waals surface area contributed by atoms with Crippen LogP contribution in [0.15, 0.2) is 53.5 Å². The van der Waals surface area contributed by atoms with Crippen LogP contribution in [0.2, 0.25) is 0 Å². The van der Waals surface area contributed by atoms with Crippen molar-refractivity contribution in [1.29, 1.82) is 0 Å². The summed E-state index contributed by atoms with van der Waals surface area (Å²) in [5.74, 6) is 0.824. The van der Waals surface area contributed by atoms with E-state index < -0.39 is 0 Å². The Bertz CT molecular complexity index is 730. The van der Waals surface area contributed by atoms with Crippen molar-refractivity contribution in [2.45, 2.75) is 39.3 Å². The lowest BCUT2D eigenvalue weighted by Crippen LogP contribution is -2.38. The molecule has 1 heterocycles. The van der Waals surface area contributed by atoms with Crippen LogP contribution in [0.25, 0.3) is 0 Å². The van der Waals surface area contributed by atoms with Crippen molar-refractivity contribution in [1.82, 2.24) is 10.6 Å². The molecule has 0 saturated carbocycles. The van der Waals surface area contributed by atoms with Gasteiger partial charge in [-0.15, -0.1) is 0 Å². The predicted molar refractivity (Wildman–Crippen MR) is 111 cm³/mol. The van der Waals surface area contributed by atoms with Crippen molar-refractivity contribution in [2.75, 3.05) is 25.0 Å². The highest BCUT2D eigenvalue weighted by molar-refractivity contribution is 5.80. The van der Waals surface area contributed by atoms with Crippen molar-refractivity contribution in [3.05, 3.63) is 65.2 Å². The van der Waals surface area contributed by atoms with E-state index in [0.717, 1.165) is 12.5 Å². The van der Waals surface area contributed by atoms with Gasteiger partial charge in [-0.25, -0.2) is 0 Å². The molecule has 4 nitrogen and oxygen atoms in total. The minimum atomic E-state index is 0.196. The van der Waals surface area contributed by atoms with Gasteiger partial charge in [0.1, 0.15) is 0 Å². The molecule has 1 aliphatic heterocycles. The number of rotatable bonds is 5. The molecular formula is C22H30N4. The standard InChI is InChI=1S/C22H30N4/c1-17-9-11-19(12-10-17)16-24-22(23-3)25-18(2)20-7-6-8-21(15-20)26-13-4-5-14-26/h6-12,15,18H,4-5,13-14,16H2,1-3H3,(H2,23,24,25). The summed E-state index contributed by atoms with van der Waals surface area (Å²) in [4.78, 5) is 6.84. The highest BCUT2D eigenvalue weighted by atomic mass is 15.2. The number of anilines is 1. The Kier molecular flexibility index (Phi) is 6.16. The Hall–Kier alpha value is -2.49. The maximum atomic E-state index is 4.37. The molecular weight excluding hydrogens is 320 g/mol. The zero-order chi connectivity index (χ0) is 18.4. The second-order valence-corrected chi connectivity index (χ2v) is 7.07. The molecule has 3 rings (SSSR count). The van der Waals surface area contributed by atoms with Crippen LogP contribution in [0, 0.1) is 6.92 Å². The topological polar surface area (TPSA) is 39.7 Å². The van der Waals surface area contributed by atoms with Crippen molar-refractivity contribution < 1.29 is 0 Å². The minimum absolute atomic E-state index is 0.196. The molecule has 0 amide bonds. The number of aliphatic imine (C=N–C) groups is 1. The molecule has 2 N–H and O–H groups in total. The molecule has 1 saturated heterocycles. The normalized spacial score (nSPS) is 15.8. The first-order valence-corrected chi connectivity index (χ1v) is 9.53. The summed E-state index contributed by atoms with van der Waals surface area (Å²) in [6.45, 7) is 7.40. The van der Waals surface area contributed by atoms with Crippen LogP contribution in [-0.4, -0.2) is 26.1 Å². The number of hydrogen-bond acceptors (Lipinski definition) is 2. The molecule has 26 heavy (non-hydrogen) atoms. The van der Waals surface area contributed by atoms with Gasteiger partial charge in [-0.2, -0.15) is 0 Å². The van der Waals surface area contributed by atoms with Gasteiger partial charge < -0.3 is 15.5 Å².